The van der Waals surface area contributed by atoms with Gasteiger partial charge in [-0.15, -0.1) is 0 Å². The molecule has 0 bridgehead atoms. The summed E-state index contributed by atoms with van der Waals surface area (Å²) >= 11 is 12.4. The molecule has 0 aliphatic carbocycles. The minimum absolute atomic E-state index is 0.135. The molecule has 5 nitrogen and oxygen atoms in total. The fourth-order valence-corrected chi connectivity index (χ4v) is 5.18. The number of fused-ring (bicyclic) bond motifs is 1. The Morgan fingerprint density at radius 1 is 0.829 bits per heavy atom. The van der Waals surface area contributed by atoms with Gasteiger partial charge in [0.05, 0.1) is 16.1 Å². The third-order valence-corrected chi connectivity index (χ3v) is 7.72. The molecule has 0 saturated heterocycles. The number of carbonyl (C=O) groups is 2. The first-order chi connectivity index (χ1) is 19.7. The highest BCUT2D eigenvalue weighted by Crippen LogP contribution is 2.34. The van der Waals surface area contributed by atoms with Gasteiger partial charge < -0.3 is 14.2 Å². The Kier molecular flexibility index (Phi) is 11.0. The number of rotatable bonds is 6. The zero-order chi connectivity index (χ0) is 29.4. The molecule has 4 rings (SSSR count). The van der Waals surface area contributed by atoms with Crippen molar-refractivity contribution >= 4 is 35.0 Å². The van der Waals surface area contributed by atoms with Crippen LogP contribution in [-0.4, -0.2) is 17.9 Å². The highest BCUT2D eigenvalue weighted by molar-refractivity contribution is 6.31. The average molecular weight is 606 g/mol. The maximum absolute atomic E-state index is 14.5. The molecule has 1 heterocycles. The van der Waals surface area contributed by atoms with E-state index in [-0.39, 0.29) is 51.5 Å². The molecule has 1 aliphatic rings. The average Bonchev–Trinajstić information content (AvgIpc) is 2.91. The number of cyclic esters (lactones) is 1. The summed E-state index contributed by atoms with van der Waals surface area (Å²) in [5.74, 6) is -0.972. The van der Waals surface area contributed by atoms with Crippen LogP contribution in [-0.2, 0) is 29.2 Å². The Labute approximate surface area is 248 Å². The van der Waals surface area contributed by atoms with Gasteiger partial charge in [-0.2, -0.15) is 0 Å². The van der Waals surface area contributed by atoms with Crippen LogP contribution in [0.15, 0.2) is 48.5 Å². The zero-order valence-electron chi connectivity index (χ0n) is 22.8. The first kappa shape index (κ1) is 30.8. The lowest BCUT2D eigenvalue weighted by atomic mass is 9.98. The van der Waals surface area contributed by atoms with Gasteiger partial charge in [0.2, 0.25) is 0 Å². The summed E-state index contributed by atoms with van der Waals surface area (Å²) in [5.41, 5.74) is 1.15. The molecule has 9 heteroatoms. The Morgan fingerprint density at radius 3 is 2.10 bits per heavy atom. The molecular weight excluding hydrogens is 573 g/mol. The number of ether oxygens (including phenoxy) is 3. The second-order valence-corrected chi connectivity index (χ2v) is 11.0. The van der Waals surface area contributed by atoms with Crippen molar-refractivity contribution in [1.29, 1.82) is 0 Å². The number of halogens is 4. The van der Waals surface area contributed by atoms with Crippen LogP contribution in [0.5, 0.6) is 11.5 Å². The highest BCUT2D eigenvalue weighted by Gasteiger charge is 2.24. The number of esters is 1. The predicted octanol–water partition coefficient (Wildman–Crippen LogP) is 8.83. The number of hydrogen-bond acceptors (Lipinski definition) is 5. The normalized spacial score (nSPS) is 16.9. The third kappa shape index (κ3) is 8.43. The first-order valence-corrected chi connectivity index (χ1v) is 14.5. The van der Waals surface area contributed by atoms with Crippen molar-refractivity contribution in [1.82, 2.24) is 0 Å². The number of carbonyl (C=O) groups excluding carboxylic acids is 2. The molecule has 218 valence electrons. The smallest absolute Gasteiger partial charge is 0.342 e. The van der Waals surface area contributed by atoms with Crippen LogP contribution in [0.1, 0.15) is 78.9 Å². The summed E-state index contributed by atoms with van der Waals surface area (Å²) in [6.07, 6.45) is 4.43. The van der Waals surface area contributed by atoms with Crippen LogP contribution in [0.4, 0.5) is 8.78 Å². The van der Waals surface area contributed by atoms with Gasteiger partial charge in [-0.25, -0.2) is 13.6 Å². The molecule has 3 aromatic rings. The molecule has 0 amide bonds. The molecule has 0 spiro atoms. The summed E-state index contributed by atoms with van der Waals surface area (Å²) in [4.78, 5) is 25.7. The fourth-order valence-electron chi connectivity index (χ4n) is 4.74. The maximum atomic E-state index is 14.5. The molecule has 41 heavy (non-hydrogen) atoms. The molecule has 3 aromatic carbocycles. The lowest BCUT2D eigenvalue weighted by Crippen LogP contribution is -2.18. The first-order valence-electron chi connectivity index (χ1n) is 13.7. The minimum Gasteiger partial charge on any atom is -0.489 e. The van der Waals surface area contributed by atoms with E-state index in [2.05, 4.69) is 0 Å². The molecule has 1 aliphatic heterocycles. The van der Waals surface area contributed by atoms with E-state index < -0.39 is 23.7 Å². The monoisotopic (exact) mass is 604 g/mol. The highest BCUT2D eigenvalue weighted by atomic mass is 35.5. The number of hydrogen-bond donors (Lipinski definition) is 0. The Morgan fingerprint density at radius 2 is 1.44 bits per heavy atom. The van der Waals surface area contributed by atoms with Gasteiger partial charge in [0, 0.05) is 30.0 Å². The Balaban J connectivity index is 1.70. The molecule has 0 fully saturated rings. The number of aryl methyl sites for hydroxylation is 1. The van der Waals surface area contributed by atoms with Gasteiger partial charge in [-0.3, -0.25) is 4.79 Å². The second kappa shape index (κ2) is 14.6. The van der Waals surface area contributed by atoms with E-state index >= 15 is 0 Å². The number of benzene rings is 3. The van der Waals surface area contributed by atoms with E-state index in [9.17, 15) is 18.4 Å². The summed E-state index contributed by atoms with van der Waals surface area (Å²) in [7, 11) is 0. The van der Waals surface area contributed by atoms with Gasteiger partial charge in [-0.05, 0) is 74.9 Å². The van der Waals surface area contributed by atoms with Gasteiger partial charge in [-0.1, -0.05) is 41.8 Å². The third-order valence-electron chi connectivity index (χ3n) is 7.02. The summed E-state index contributed by atoms with van der Waals surface area (Å²) in [6, 6.07) is 11.9. The topological polar surface area (TPSA) is 61.8 Å². The van der Waals surface area contributed by atoms with Gasteiger partial charge in [0.1, 0.15) is 47.7 Å². The van der Waals surface area contributed by atoms with Gasteiger partial charge in [0.25, 0.3) is 0 Å². The number of ketones is 1. The standard InChI is InChI=1S/C32H32Cl2F2O5/c1-20-8-5-11-22(37)10-4-2-3-9-21-16-23(39-18-24-26(33)12-6-14-28(24)35)17-30(31(21)32(38)41-20)40-19-25-27(34)13-7-15-29(25)36/h6-7,12-17,20H,2-5,8-11,18-19H2,1H3/t20-/m1/s1. The van der Waals surface area contributed by atoms with Crippen LogP contribution in [0.3, 0.4) is 0 Å². The summed E-state index contributed by atoms with van der Waals surface area (Å²) in [6.45, 7) is 1.38. The van der Waals surface area contributed by atoms with E-state index in [1.54, 1.807) is 25.1 Å². The van der Waals surface area contributed by atoms with Crippen molar-refractivity contribution in [2.24, 2.45) is 0 Å². The molecular formula is C32H32Cl2F2O5. The number of Topliss-reactive ketones (excluding diaryl/α,β-unsaturated/α-hetero) is 1. The predicted molar refractivity (Wildman–Crippen MR) is 154 cm³/mol. The van der Waals surface area contributed by atoms with Crippen molar-refractivity contribution < 1.29 is 32.6 Å². The zero-order valence-corrected chi connectivity index (χ0v) is 24.3. The summed E-state index contributed by atoms with van der Waals surface area (Å²) < 4.78 is 46.7. The van der Waals surface area contributed by atoms with Crippen LogP contribution in [0, 0.1) is 11.6 Å². The van der Waals surface area contributed by atoms with Crippen molar-refractivity contribution in [3.8, 4) is 11.5 Å². The van der Waals surface area contributed by atoms with Crippen LogP contribution >= 0.6 is 23.2 Å². The van der Waals surface area contributed by atoms with E-state index in [0.717, 1.165) is 12.8 Å². The van der Waals surface area contributed by atoms with Gasteiger partial charge in [0.15, 0.2) is 0 Å². The van der Waals surface area contributed by atoms with Crippen molar-refractivity contribution in [3.63, 3.8) is 0 Å². The van der Waals surface area contributed by atoms with Crippen molar-refractivity contribution in [3.05, 3.63) is 92.5 Å². The van der Waals surface area contributed by atoms with Crippen LogP contribution < -0.4 is 9.47 Å². The van der Waals surface area contributed by atoms with Gasteiger partial charge >= 0.3 is 5.97 Å². The van der Waals surface area contributed by atoms with Crippen LogP contribution in [0.2, 0.25) is 10.0 Å². The Hall–Kier alpha value is -3.16. The van der Waals surface area contributed by atoms with Crippen molar-refractivity contribution in [2.45, 2.75) is 77.6 Å². The molecule has 1 atom stereocenters. The fraction of sp³-hybridized carbons (Fsp3) is 0.375. The molecule has 0 aromatic heterocycles. The lowest BCUT2D eigenvalue weighted by molar-refractivity contribution is -0.119. The Bertz CT molecular complexity index is 1350. The molecule has 0 radical (unpaired) electrons. The van der Waals surface area contributed by atoms with Crippen LogP contribution in [0.25, 0.3) is 0 Å². The van der Waals surface area contributed by atoms with E-state index in [4.69, 9.17) is 37.4 Å². The maximum Gasteiger partial charge on any atom is 0.342 e. The minimum atomic E-state index is -0.589. The lowest BCUT2D eigenvalue weighted by Gasteiger charge is -2.20. The second-order valence-electron chi connectivity index (χ2n) is 10.1. The van der Waals surface area contributed by atoms with E-state index in [1.165, 1.54) is 30.3 Å². The molecule has 0 saturated carbocycles. The quantitative estimate of drug-likeness (QED) is 0.263. The largest absolute Gasteiger partial charge is 0.489 e. The SMILES string of the molecule is C[C@@H]1CCCC(=O)CCCCCc2cc(OCc3c(F)cccc3Cl)cc(OCc3c(F)cccc3Cl)c2C(=O)O1. The van der Waals surface area contributed by atoms with Crippen molar-refractivity contribution in [2.75, 3.05) is 0 Å². The molecule has 0 N–H and O–H groups in total. The summed E-state index contributed by atoms with van der Waals surface area (Å²) in [5, 5.41) is 0.412. The molecule has 0 unspecified atom stereocenters. The van der Waals surface area contributed by atoms with E-state index in [1.807, 2.05) is 0 Å². The van der Waals surface area contributed by atoms with E-state index in [0.29, 0.717) is 49.8 Å².